The van der Waals surface area contributed by atoms with Gasteiger partial charge in [0.25, 0.3) is 0 Å². The molecule has 7 nitrogen and oxygen atoms in total. The predicted octanol–water partition coefficient (Wildman–Crippen LogP) is 1.51. The Morgan fingerprint density at radius 3 is 2.90 bits per heavy atom. The zero-order valence-electron chi connectivity index (χ0n) is 11.4. The van der Waals surface area contributed by atoms with Gasteiger partial charge in [0.15, 0.2) is 11.0 Å². The van der Waals surface area contributed by atoms with E-state index in [4.69, 9.17) is 4.52 Å². The van der Waals surface area contributed by atoms with Crippen molar-refractivity contribution in [3.63, 3.8) is 0 Å². The first-order valence-electron chi connectivity index (χ1n) is 6.26. The summed E-state index contributed by atoms with van der Waals surface area (Å²) in [6.45, 7) is 0.706. The SMILES string of the molecule is CNCc1nnc(SCc2noc(C3CC3)n2)n1C.Cl. The molecule has 0 aliphatic heterocycles. The van der Waals surface area contributed by atoms with E-state index in [9.17, 15) is 0 Å². The monoisotopic (exact) mass is 316 g/mol. The summed E-state index contributed by atoms with van der Waals surface area (Å²) in [6.07, 6.45) is 2.34. The largest absolute Gasteiger partial charge is 0.339 e. The Bertz CT molecular complexity index is 567. The van der Waals surface area contributed by atoms with Crippen LogP contribution in [0.4, 0.5) is 0 Å². The second kappa shape index (κ2) is 6.55. The van der Waals surface area contributed by atoms with Gasteiger partial charge in [0.1, 0.15) is 5.82 Å². The van der Waals surface area contributed by atoms with Crippen LogP contribution in [-0.4, -0.2) is 32.0 Å². The number of hydrogen-bond donors (Lipinski definition) is 1. The molecule has 0 spiro atoms. The minimum absolute atomic E-state index is 0. The van der Waals surface area contributed by atoms with Crippen LogP contribution in [0.25, 0.3) is 0 Å². The average Bonchev–Trinajstić information content (AvgIpc) is 3.06. The van der Waals surface area contributed by atoms with Crippen molar-refractivity contribution < 1.29 is 4.52 Å². The van der Waals surface area contributed by atoms with Crippen LogP contribution >= 0.6 is 24.2 Å². The van der Waals surface area contributed by atoms with Gasteiger partial charge in [-0.1, -0.05) is 16.9 Å². The first-order chi connectivity index (χ1) is 9.28. The molecule has 0 aromatic carbocycles. The molecule has 3 rings (SSSR count). The average molecular weight is 317 g/mol. The van der Waals surface area contributed by atoms with Crippen molar-refractivity contribution in [2.75, 3.05) is 7.05 Å². The molecule has 1 saturated carbocycles. The maximum atomic E-state index is 5.22. The lowest BCUT2D eigenvalue weighted by Crippen LogP contribution is -2.10. The third kappa shape index (κ3) is 3.31. The van der Waals surface area contributed by atoms with E-state index in [1.165, 1.54) is 12.8 Å². The Morgan fingerprint density at radius 1 is 1.40 bits per heavy atom. The molecule has 0 unspecified atom stereocenters. The van der Waals surface area contributed by atoms with Crippen LogP contribution in [0.2, 0.25) is 0 Å². The number of halogens is 1. The Labute approximate surface area is 127 Å². The van der Waals surface area contributed by atoms with E-state index in [-0.39, 0.29) is 12.4 Å². The summed E-state index contributed by atoms with van der Waals surface area (Å²) in [5.74, 6) is 3.58. The van der Waals surface area contributed by atoms with Crippen LogP contribution in [0, 0.1) is 0 Å². The van der Waals surface area contributed by atoms with E-state index in [0.717, 1.165) is 22.7 Å². The van der Waals surface area contributed by atoms with Crippen molar-refractivity contribution in [3.8, 4) is 0 Å². The predicted molar refractivity (Wildman–Crippen MR) is 76.8 cm³/mol. The van der Waals surface area contributed by atoms with Crippen molar-refractivity contribution in [3.05, 3.63) is 17.5 Å². The number of nitrogens with one attached hydrogen (secondary N) is 1. The Balaban J connectivity index is 0.00000147. The van der Waals surface area contributed by atoms with Gasteiger partial charge in [0.2, 0.25) is 5.89 Å². The summed E-state index contributed by atoms with van der Waals surface area (Å²) in [6, 6.07) is 0. The molecule has 2 aromatic rings. The quantitative estimate of drug-likeness (QED) is 0.809. The van der Waals surface area contributed by atoms with Crippen molar-refractivity contribution >= 4 is 24.2 Å². The molecule has 0 radical (unpaired) electrons. The molecule has 1 N–H and O–H groups in total. The van der Waals surface area contributed by atoms with Gasteiger partial charge in [-0.05, 0) is 19.9 Å². The maximum absolute atomic E-state index is 5.22. The summed E-state index contributed by atoms with van der Waals surface area (Å²) >= 11 is 1.57. The number of aromatic nitrogens is 5. The standard InChI is InChI=1S/C11H16N6OS.ClH/c1-12-5-9-14-15-11(17(9)2)19-6-8-13-10(18-16-8)7-3-4-7;/h7,12H,3-6H2,1-2H3;1H. The van der Waals surface area contributed by atoms with Crippen molar-refractivity contribution in [2.45, 2.75) is 36.2 Å². The van der Waals surface area contributed by atoms with E-state index in [0.29, 0.717) is 18.2 Å². The van der Waals surface area contributed by atoms with Gasteiger partial charge in [0, 0.05) is 13.0 Å². The number of nitrogens with zero attached hydrogens (tertiary/aromatic N) is 5. The molecule has 1 aliphatic carbocycles. The fourth-order valence-electron chi connectivity index (χ4n) is 1.73. The molecular weight excluding hydrogens is 300 g/mol. The Morgan fingerprint density at radius 2 is 2.20 bits per heavy atom. The lowest BCUT2D eigenvalue weighted by molar-refractivity contribution is 0.375. The molecule has 0 saturated heterocycles. The van der Waals surface area contributed by atoms with E-state index >= 15 is 0 Å². The maximum Gasteiger partial charge on any atom is 0.229 e. The van der Waals surface area contributed by atoms with E-state index in [2.05, 4.69) is 25.7 Å². The molecule has 110 valence electrons. The highest BCUT2D eigenvalue weighted by molar-refractivity contribution is 7.98. The topological polar surface area (TPSA) is 81.7 Å². The zero-order chi connectivity index (χ0) is 13.2. The molecule has 2 heterocycles. The number of rotatable bonds is 6. The van der Waals surface area contributed by atoms with E-state index in [1.54, 1.807) is 11.8 Å². The molecule has 9 heteroatoms. The number of hydrogen-bond acceptors (Lipinski definition) is 7. The summed E-state index contributed by atoms with van der Waals surface area (Å²) in [5.41, 5.74) is 0. The smallest absolute Gasteiger partial charge is 0.229 e. The molecular formula is C11H17ClN6OS. The van der Waals surface area contributed by atoms with Crippen molar-refractivity contribution in [1.82, 2.24) is 30.2 Å². The highest BCUT2D eigenvalue weighted by Gasteiger charge is 2.29. The summed E-state index contributed by atoms with van der Waals surface area (Å²) in [7, 11) is 3.85. The van der Waals surface area contributed by atoms with Gasteiger partial charge in [-0.25, -0.2) is 0 Å². The molecule has 0 bridgehead atoms. The lowest BCUT2D eigenvalue weighted by Gasteiger charge is -2.01. The highest BCUT2D eigenvalue weighted by atomic mass is 35.5. The number of thioether (sulfide) groups is 1. The van der Waals surface area contributed by atoms with Crippen LogP contribution in [0.15, 0.2) is 9.68 Å². The Kier molecular flexibility index (Phi) is 5.00. The second-order valence-corrected chi connectivity index (χ2v) is 5.54. The third-order valence-electron chi connectivity index (χ3n) is 3.00. The van der Waals surface area contributed by atoms with Crippen molar-refractivity contribution in [1.29, 1.82) is 0 Å². The molecule has 0 atom stereocenters. The minimum atomic E-state index is 0. The zero-order valence-corrected chi connectivity index (χ0v) is 13.0. The van der Waals surface area contributed by atoms with Crippen LogP contribution in [0.3, 0.4) is 0 Å². The fraction of sp³-hybridized carbons (Fsp3) is 0.636. The minimum Gasteiger partial charge on any atom is -0.339 e. The van der Waals surface area contributed by atoms with Gasteiger partial charge < -0.3 is 14.4 Å². The molecule has 20 heavy (non-hydrogen) atoms. The normalized spacial score (nSPS) is 14.3. The fourth-order valence-corrected chi connectivity index (χ4v) is 2.51. The molecule has 0 amide bonds. The van der Waals surface area contributed by atoms with Crippen molar-refractivity contribution in [2.24, 2.45) is 7.05 Å². The summed E-state index contributed by atoms with van der Waals surface area (Å²) < 4.78 is 7.20. The van der Waals surface area contributed by atoms with Gasteiger partial charge in [-0.15, -0.1) is 22.6 Å². The molecule has 2 aromatic heterocycles. The first-order valence-corrected chi connectivity index (χ1v) is 7.24. The molecule has 1 fully saturated rings. The van der Waals surface area contributed by atoms with Gasteiger partial charge >= 0.3 is 0 Å². The van der Waals surface area contributed by atoms with Crippen LogP contribution in [0.5, 0.6) is 0 Å². The van der Waals surface area contributed by atoms with E-state index < -0.39 is 0 Å². The summed E-state index contributed by atoms with van der Waals surface area (Å²) in [5, 5.41) is 16.2. The molecule has 1 aliphatic rings. The summed E-state index contributed by atoms with van der Waals surface area (Å²) in [4.78, 5) is 4.39. The lowest BCUT2D eigenvalue weighted by atomic mass is 10.4. The third-order valence-corrected chi connectivity index (χ3v) is 4.02. The van der Waals surface area contributed by atoms with Crippen LogP contribution in [-0.2, 0) is 19.3 Å². The van der Waals surface area contributed by atoms with Gasteiger partial charge in [0.05, 0.1) is 12.3 Å². The van der Waals surface area contributed by atoms with Crippen LogP contribution < -0.4 is 5.32 Å². The highest BCUT2D eigenvalue weighted by Crippen LogP contribution is 2.39. The first kappa shape index (κ1) is 15.3. The van der Waals surface area contributed by atoms with Gasteiger partial charge in [-0.2, -0.15) is 4.98 Å². The van der Waals surface area contributed by atoms with E-state index in [1.807, 2.05) is 18.7 Å². The Hall–Kier alpha value is -1.12. The van der Waals surface area contributed by atoms with Crippen LogP contribution in [0.1, 0.15) is 36.3 Å². The second-order valence-electron chi connectivity index (χ2n) is 4.60. The van der Waals surface area contributed by atoms with Gasteiger partial charge in [-0.3, -0.25) is 0 Å².